The predicted octanol–water partition coefficient (Wildman–Crippen LogP) is 4.24. The van der Waals surface area contributed by atoms with Crippen LogP contribution in [-0.4, -0.2) is 15.3 Å². The first-order valence-corrected chi connectivity index (χ1v) is 9.48. The molecule has 3 aromatic rings. The van der Waals surface area contributed by atoms with Crippen LogP contribution in [0.15, 0.2) is 34.2 Å². The summed E-state index contributed by atoms with van der Waals surface area (Å²) in [5.41, 5.74) is 2.90. The van der Waals surface area contributed by atoms with Crippen molar-refractivity contribution in [3.63, 3.8) is 0 Å². The summed E-state index contributed by atoms with van der Waals surface area (Å²) < 4.78 is 1.64. The summed E-state index contributed by atoms with van der Waals surface area (Å²) in [7, 11) is 0. The van der Waals surface area contributed by atoms with Gasteiger partial charge in [0.05, 0.1) is 22.9 Å². The first-order valence-electron chi connectivity index (χ1n) is 7.68. The van der Waals surface area contributed by atoms with Gasteiger partial charge in [0.1, 0.15) is 4.83 Å². The van der Waals surface area contributed by atoms with Gasteiger partial charge in [0.25, 0.3) is 5.56 Å². The molecule has 0 aliphatic rings. The highest BCUT2D eigenvalue weighted by Gasteiger charge is 2.19. The van der Waals surface area contributed by atoms with Crippen molar-refractivity contribution in [2.45, 2.75) is 32.3 Å². The number of nitrogens with zero attached hydrogens (tertiary/aromatic N) is 3. The van der Waals surface area contributed by atoms with Gasteiger partial charge in [-0.05, 0) is 43.5 Å². The highest BCUT2D eigenvalue weighted by Crippen LogP contribution is 2.30. The van der Waals surface area contributed by atoms with Crippen molar-refractivity contribution in [3.05, 3.63) is 50.6 Å². The zero-order valence-corrected chi connectivity index (χ0v) is 15.4. The maximum absolute atomic E-state index is 13.3. The summed E-state index contributed by atoms with van der Waals surface area (Å²) in [6, 6.07) is 9.91. The summed E-state index contributed by atoms with van der Waals surface area (Å²) in [6.07, 6.45) is 0.807. The standard InChI is InChI=1S/C18H17N3OS2/c1-4-14-12(3)24-16-15(14)17(22)21(18(20-16)23-9-8-19)13-7-5-6-11(2)10-13/h5-7,10H,4,9H2,1-3H3. The summed E-state index contributed by atoms with van der Waals surface area (Å²) in [5.74, 6) is 0.259. The van der Waals surface area contributed by atoms with E-state index < -0.39 is 0 Å². The largest absolute Gasteiger partial charge is 0.268 e. The van der Waals surface area contributed by atoms with Crippen LogP contribution in [0.25, 0.3) is 15.9 Å². The molecule has 122 valence electrons. The Hall–Kier alpha value is -2.10. The number of nitriles is 1. The average molecular weight is 355 g/mol. The third-order valence-corrected chi connectivity index (χ3v) is 5.72. The molecule has 4 nitrogen and oxygen atoms in total. The lowest BCUT2D eigenvalue weighted by molar-refractivity contribution is 0.821. The van der Waals surface area contributed by atoms with Crippen molar-refractivity contribution >= 4 is 33.3 Å². The molecule has 0 spiro atoms. The van der Waals surface area contributed by atoms with Gasteiger partial charge in [-0.15, -0.1) is 11.3 Å². The van der Waals surface area contributed by atoms with E-state index in [2.05, 4.69) is 13.0 Å². The fourth-order valence-corrected chi connectivity index (χ4v) is 4.64. The minimum atomic E-state index is -0.0489. The minimum absolute atomic E-state index is 0.0489. The Labute approximate surface area is 148 Å². The van der Waals surface area contributed by atoms with E-state index in [0.29, 0.717) is 10.5 Å². The molecule has 0 N–H and O–H groups in total. The molecular weight excluding hydrogens is 338 g/mol. The van der Waals surface area contributed by atoms with Crippen LogP contribution >= 0.6 is 23.1 Å². The summed E-state index contributed by atoms with van der Waals surface area (Å²) in [6.45, 7) is 6.09. The van der Waals surface area contributed by atoms with Crippen molar-refractivity contribution in [1.82, 2.24) is 9.55 Å². The molecule has 0 saturated heterocycles. The number of hydrogen-bond donors (Lipinski definition) is 0. The Balaban J connectivity index is 2.37. The highest BCUT2D eigenvalue weighted by molar-refractivity contribution is 7.99. The molecule has 0 aliphatic heterocycles. The van der Waals surface area contributed by atoms with E-state index in [4.69, 9.17) is 10.2 Å². The van der Waals surface area contributed by atoms with Crippen LogP contribution in [0.4, 0.5) is 0 Å². The Bertz CT molecular complexity index is 1010. The Morgan fingerprint density at radius 2 is 2.17 bits per heavy atom. The van der Waals surface area contributed by atoms with Gasteiger partial charge in [-0.25, -0.2) is 4.98 Å². The molecule has 0 unspecified atom stereocenters. The maximum Gasteiger partial charge on any atom is 0.267 e. The van der Waals surface area contributed by atoms with E-state index in [1.807, 2.05) is 38.1 Å². The molecule has 0 atom stereocenters. The lowest BCUT2D eigenvalue weighted by atomic mass is 10.1. The van der Waals surface area contributed by atoms with Crippen LogP contribution in [0.1, 0.15) is 22.9 Å². The van der Waals surface area contributed by atoms with Gasteiger partial charge in [-0.1, -0.05) is 30.8 Å². The SMILES string of the molecule is CCc1c(C)sc2nc(SCC#N)n(-c3cccc(C)c3)c(=O)c12. The number of hydrogen-bond acceptors (Lipinski definition) is 5. The predicted molar refractivity (Wildman–Crippen MR) is 100 cm³/mol. The van der Waals surface area contributed by atoms with Crippen LogP contribution in [0.2, 0.25) is 0 Å². The zero-order chi connectivity index (χ0) is 17.3. The smallest absolute Gasteiger partial charge is 0.267 e. The number of fused-ring (bicyclic) bond motifs is 1. The monoisotopic (exact) mass is 355 g/mol. The average Bonchev–Trinajstić information content (AvgIpc) is 2.88. The Morgan fingerprint density at radius 1 is 1.38 bits per heavy atom. The van der Waals surface area contributed by atoms with Crippen LogP contribution in [-0.2, 0) is 6.42 Å². The van der Waals surface area contributed by atoms with Gasteiger partial charge in [0, 0.05) is 4.88 Å². The summed E-state index contributed by atoms with van der Waals surface area (Å²) in [5, 5.41) is 10.2. The van der Waals surface area contributed by atoms with E-state index in [1.54, 1.807) is 15.9 Å². The van der Waals surface area contributed by atoms with Gasteiger partial charge >= 0.3 is 0 Å². The van der Waals surface area contributed by atoms with E-state index >= 15 is 0 Å². The minimum Gasteiger partial charge on any atom is -0.268 e. The second-order valence-electron chi connectivity index (χ2n) is 5.49. The molecular formula is C18H17N3OS2. The molecule has 0 radical (unpaired) electrons. The van der Waals surface area contributed by atoms with Crippen LogP contribution in [0.3, 0.4) is 0 Å². The fourth-order valence-electron chi connectivity index (χ4n) is 2.81. The van der Waals surface area contributed by atoms with Gasteiger partial charge < -0.3 is 0 Å². The van der Waals surface area contributed by atoms with Crippen molar-refractivity contribution in [3.8, 4) is 11.8 Å². The van der Waals surface area contributed by atoms with Crippen LogP contribution in [0, 0.1) is 25.2 Å². The molecule has 6 heteroatoms. The second kappa shape index (κ2) is 6.80. The summed E-state index contributed by atoms with van der Waals surface area (Å²) in [4.78, 5) is 19.9. The van der Waals surface area contributed by atoms with Gasteiger partial charge in [-0.3, -0.25) is 9.36 Å². The molecule has 0 bridgehead atoms. The number of thiophene rings is 1. The molecule has 0 aliphatic carbocycles. The molecule has 2 aromatic heterocycles. The third-order valence-electron chi connectivity index (χ3n) is 3.88. The number of aromatic nitrogens is 2. The topological polar surface area (TPSA) is 58.7 Å². The molecule has 0 saturated carbocycles. The quantitative estimate of drug-likeness (QED) is 0.519. The molecule has 24 heavy (non-hydrogen) atoms. The van der Waals surface area contributed by atoms with Crippen molar-refractivity contribution in [2.24, 2.45) is 0 Å². The third kappa shape index (κ3) is 2.85. The number of aryl methyl sites for hydroxylation is 3. The van der Waals surface area contributed by atoms with E-state index in [-0.39, 0.29) is 11.3 Å². The lowest BCUT2D eigenvalue weighted by Gasteiger charge is -2.12. The van der Waals surface area contributed by atoms with E-state index in [9.17, 15) is 4.79 Å². The first kappa shape index (κ1) is 16.7. The first-order chi connectivity index (χ1) is 11.6. The van der Waals surface area contributed by atoms with Crippen molar-refractivity contribution in [1.29, 1.82) is 5.26 Å². The van der Waals surface area contributed by atoms with Crippen molar-refractivity contribution < 1.29 is 0 Å². The summed E-state index contributed by atoms with van der Waals surface area (Å²) >= 11 is 2.85. The lowest BCUT2D eigenvalue weighted by Crippen LogP contribution is -2.22. The number of thioether (sulfide) groups is 1. The van der Waals surface area contributed by atoms with Crippen molar-refractivity contribution in [2.75, 3.05) is 5.75 Å². The van der Waals surface area contributed by atoms with E-state index in [0.717, 1.165) is 32.9 Å². The number of benzene rings is 1. The number of rotatable bonds is 4. The molecule has 1 aromatic carbocycles. The molecule has 3 rings (SSSR count). The van der Waals surface area contributed by atoms with Crippen LogP contribution < -0.4 is 5.56 Å². The second-order valence-corrected chi connectivity index (χ2v) is 7.64. The fraction of sp³-hybridized carbons (Fsp3) is 0.278. The Morgan fingerprint density at radius 3 is 2.83 bits per heavy atom. The van der Waals surface area contributed by atoms with Crippen LogP contribution in [0.5, 0.6) is 0 Å². The zero-order valence-electron chi connectivity index (χ0n) is 13.8. The highest BCUT2D eigenvalue weighted by atomic mass is 32.2. The molecule has 2 heterocycles. The van der Waals surface area contributed by atoms with Gasteiger partial charge in [-0.2, -0.15) is 5.26 Å². The van der Waals surface area contributed by atoms with Gasteiger partial charge in [0.15, 0.2) is 5.16 Å². The molecule has 0 fully saturated rings. The maximum atomic E-state index is 13.3. The Kier molecular flexibility index (Phi) is 4.74. The molecule has 0 amide bonds. The van der Waals surface area contributed by atoms with Gasteiger partial charge in [0.2, 0.25) is 0 Å². The van der Waals surface area contributed by atoms with E-state index in [1.165, 1.54) is 11.8 Å². The normalized spacial score (nSPS) is 10.9.